The number of hydrogen-bond donors (Lipinski definition) is 0. The molecular formula is C53H58BF3N6O9S. The molecule has 2 aromatic heterocycles. The van der Waals surface area contributed by atoms with Gasteiger partial charge in [-0.15, -0.1) is 0 Å². The minimum Gasteiger partial charge on any atom is -0.444 e. The zero-order chi connectivity index (χ0) is 53.1. The third-order valence-corrected chi connectivity index (χ3v) is 12.9. The quantitative estimate of drug-likeness (QED) is 0.0877. The maximum absolute atomic E-state index is 12.6. The van der Waals surface area contributed by atoms with Crippen LogP contribution in [0.2, 0.25) is 0 Å². The maximum atomic E-state index is 12.6. The molecule has 6 aromatic rings. The molecule has 5 heterocycles. The molecule has 4 aromatic carbocycles. The third-order valence-electron chi connectivity index (χ3n) is 11.9. The van der Waals surface area contributed by atoms with Crippen LogP contribution in [-0.2, 0) is 28.9 Å². The minimum absolute atomic E-state index is 0.0301. The number of nitrogens with zero attached hydrogens (tertiary/aromatic N) is 6. The molecule has 1 saturated heterocycles. The molecule has 2 amide bonds. The zero-order valence-corrected chi connectivity index (χ0v) is 43.2. The summed E-state index contributed by atoms with van der Waals surface area (Å²) in [5.74, 6) is -0.508. The van der Waals surface area contributed by atoms with E-state index in [0.717, 1.165) is 45.0 Å². The second-order valence-corrected chi connectivity index (χ2v) is 22.0. The Labute approximate surface area is 423 Å². The highest BCUT2D eigenvalue weighted by atomic mass is 32.2. The summed E-state index contributed by atoms with van der Waals surface area (Å²) in [6.07, 6.45) is 9.33. The molecule has 0 saturated carbocycles. The number of hydrogen-bond acceptors (Lipinski definition) is 13. The summed E-state index contributed by atoms with van der Waals surface area (Å²) >= 11 is 0. The van der Waals surface area contributed by atoms with Gasteiger partial charge >= 0.3 is 34.9 Å². The van der Waals surface area contributed by atoms with Gasteiger partial charge in [0.2, 0.25) is 0 Å². The van der Waals surface area contributed by atoms with E-state index >= 15 is 0 Å². The molecule has 0 N–H and O–H groups in total. The summed E-state index contributed by atoms with van der Waals surface area (Å²) in [6, 6.07) is 26.1. The van der Waals surface area contributed by atoms with Crippen molar-refractivity contribution >= 4 is 56.8 Å². The fraction of sp³-hybridized carbons (Fsp3) is 0.358. The van der Waals surface area contributed by atoms with E-state index in [1.165, 1.54) is 12.3 Å². The molecule has 73 heavy (non-hydrogen) atoms. The van der Waals surface area contributed by atoms with Crippen LogP contribution in [0, 0.1) is 0 Å². The van der Waals surface area contributed by atoms with Crippen LogP contribution < -0.4 is 4.18 Å². The molecule has 0 radical (unpaired) electrons. The fourth-order valence-corrected chi connectivity index (χ4v) is 8.12. The molecule has 0 spiro atoms. The number of carbonyl (C=O) groups excluding carboxylic acids is 2. The van der Waals surface area contributed by atoms with Crippen LogP contribution in [0.25, 0.3) is 49.6 Å². The Morgan fingerprint density at radius 2 is 1.11 bits per heavy atom. The van der Waals surface area contributed by atoms with Gasteiger partial charge in [0.05, 0.1) is 16.7 Å². The summed E-state index contributed by atoms with van der Waals surface area (Å²) in [7, 11) is -6.19. The second-order valence-electron chi connectivity index (χ2n) is 20.5. The maximum Gasteiger partial charge on any atom is 0.534 e. The van der Waals surface area contributed by atoms with Gasteiger partial charge in [0.1, 0.15) is 29.4 Å². The van der Waals surface area contributed by atoms with E-state index in [1.54, 1.807) is 52.5 Å². The second kappa shape index (κ2) is 20.9. The van der Waals surface area contributed by atoms with Crippen LogP contribution >= 0.6 is 0 Å². The first-order valence-electron chi connectivity index (χ1n) is 23.4. The van der Waals surface area contributed by atoms with Crippen LogP contribution in [0.3, 0.4) is 0 Å². The number of ether oxygens (including phenoxy) is 2. The highest BCUT2D eigenvalue weighted by molar-refractivity contribution is 7.88. The SMILES string of the molecule is CC(C)(C)OC(=O)N1CC=C(B2OC(C)(C)C(C)(C)O2)C1.CC(C)(C)OC(=O)N1CC=C(c2cc(-c3ccccc3)cc3cncnc23)C1.O=S(=O)(Oc1cc(-c2ccccc2)cc2cncnc12)C(F)(F)F. The van der Waals surface area contributed by atoms with Crippen molar-refractivity contribution in [1.29, 1.82) is 0 Å². The van der Waals surface area contributed by atoms with Gasteiger partial charge < -0.3 is 32.8 Å². The Morgan fingerprint density at radius 3 is 1.62 bits per heavy atom. The van der Waals surface area contributed by atoms with Crippen molar-refractivity contribution in [2.24, 2.45) is 0 Å². The summed E-state index contributed by atoms with van der Waals surface area (Å²) in [4.78, 5) is 44.2. The van der Waals surface area contributed by atoms with Gasteiger partial charge in [0.25, 0.3) is 0 Å². The smallest absolute Gasteiger partial charge is 0.444 e. The van der Waals surface area contributed by atoms with Crippen LogP contribution in [0.5, 0.6) is 5.75 Å². The highest BCUT2D eigenvalue weighted by Crippen LogP contribution is 2.40. The molecule has 1 fully saturated rings. The number of benzene rings is 4. The van der Waals surface area contributed by atoms with E-state index in [9.17, 15) is 31.2 Å². The number of fused-ring (bicyclic) bond motifs is 2. The highest BCUT2D eigenvalue weighted by Gasteiger charge is 2.53. The Bertz CT molecular complexity index is 3150. The largest absolute Gasteiger partial charge is 0.534 e. The Morgan fingerprint density at radius 1 is 0.644 bits per heavy atom. The minimum atomic E-state index is -5.80. The molecule has 0 atom stereocenters. The van der Waals surface area contributed by atoms with Crippen molar-refractivity contribution in [2.45, 2.75) is 97.1 Å². The summed E-state index contributed by atoms with van der Waals surface area (Å²) < 4.78 is 87.7. The molecule has 0 bridgehead atoms. The zero-order valence-electron chi connectivity index (χ0n) is 42.4. The van der Waals surface area contributed by atoms with Crippen molar-refractivity contribution in [1.82, 2.24) is 29.7 Å². The summed E-state index contributed by atoms with van der Waals surface area (Å²) in [6.45, 7) is 21.4. The van der Waals surface area contributed by atoms with Gasteiger partial charge in [0.15, 0.2) is 5.75 Å². The van der Waals surface area contributed by atoms with E-state index in [4.69, 9.17) is 18.8 Å². The summed E-state index contributed by atoms with van der Waals surface area (Å²) in [5.41, 5.74) is 0.109. The van der Waals surface area contributed by atoms with Crippen molar-refractivity contribution in [2.75, 3.05) is 26.2 Å². The normalized spacial score (nSPS) is 16.5. The van der Waals surface area contributed by atoms with E-state index in [2.05, 4.69) is 54.5 Å². The number of aromatic nitrogens is 4. The van der Waals surface area contributed by atoms with Gasteiger partial charge in [-0.2, -0.15) is 21.6 Å². The van der Waals surface area contributed by atoms with Gasteiger partial charge in [-0.25, -0.2) is 29.5 Å². The van der Waals surface area contributed by atoms with Gasteiger partial charge in [-0.3, -0.25) is 0 Å². The van der Waals surface area contributed by atoms with E-state index in [0.29, 0.717) is 42.7 Å². The van der Waals surface area contributed by atoms with Crippen LogP contribution in [-0.4, -0.2) is 112 Å². The van der Waals surface area contributed by atoms with Crippen molar-refractivity contribution < 1.29 is 54.1 Å². The Hall–Kier alpha value is -6.90. The first kappa shape index (κ1) is 53.9. The first-order valence-corrected chi connectivity index (χ1v) is 24.8. The molecular weight excluding hydrogens is 964 g/mol. The molecule has 384 valence electrons. The Kier molecular flexibility index (Phi) is 15.4. The standard InChI is InChI=1S/C23H23N3O2.C15H26BNO4.C15H9F3N2O3S/c1-23(2,3)28-22(27)26-10-9-17(14-26)20-12-18(16-7-5-4-6-8-16)11-19-13-24-15-25-21(19)20;1-13(2,3)19-12(18)17-9-8-11(10-17)16-20-14(4,5)15(6,7)21-16;16-15(17,18)24(21,22)23-13-7-11(10-4-2-1-3-5-10)6-12-8-19-9-20-14(12)13/h4-9,11-13,15H,10,14H2,1-3H3;8H,9-10H2,1-7H3;1-9H. The lowest BCUT2D eigenvalue weighted by Gasteiger charge is -2.32. The van der Waals surface area contributed by atoms with E-state index in [1.807, 2.05) is 99.7 Å². The predicted molar refractivity (Wildman–Crippen MR) is 273 cm³/mol. The lowest BCUT2D eigenvalue weighted by molar-refractivity contribution is -0.0499. The predicted octanol–water partition coefficient (Wildman–Crippen LogP) is 11.3. The first-order chi connectivity index (χ1) is 34.1. The van der Waals surface area contributed by atoms with Crippen LogP contribution in [0.1, 0.15) is 74.8 Å². The average molecular weight is 1020 g/mol. The molecule has 3 aliphatic heterocycles. The number of alkyl halides is 3. The molecule has 0 unspecified atom stereocenters. The Balaban J connectivity index is 0.000000162. The van der Waals surface area contributed by atoms with Crippen LogP contribution in [0.4, 0.5) is 22.8 Å². The lowest BCUT2D eigenvalue weighted by Crippen LogP contribution is -2.41. The van der Waals surface area contributed by atoms with Crippen molar-refractivity contribution in [3.8, 4) is 28.0 Å². The van der Waals surface area contributed by atoms with E-state index in [-0.39, 0.29) is 36.0 Å². The van der Waals surface area contributed by atoms with Gasteiger partial charge in [-0.05, 0) is 127 Å². The molecule has 0 aliphatic carbocycles. The molecule has 20 heteroatoms. The third kappa shape index (κ3) is 13.2. The lowest BCUT2D eigenvalue weighted by atomic mass is 9.79. The monoisotopic (exact) mass is 1020 g/mol. The number of halogens is 3. The van der Waals surface area contributed by atoms with E-state index < -0.39 is 32.6 Å². The number of carbonyl (C=O) groups is 2. The topological polar surface area (TPSA) is 172 Å². The van der Waals surface area contributed by atoms with Gasteiger partial charge in [-0.1, -0.05) is 72.8 Å². The average Bonchev–Trinajstić information content (AvgIpc) is 4.07. The fourth-order valence-electron chi connectivity index (χ4n) is 7.67. The number of rotatable bonds is 6. The summed E-state index contributed by atoms with van der Waals surface area (Å²) in [5, 5.41) is 1.33. The van der Waals surface area contributed by atoms with Crippen LogP contribution in [0.15, 0.2) is 128 Å². The van der Waals surface area contributed by atoms with Crippen molar-refractivity contribution in [3.63, 3.8) is 0 Å². The molecule has 15 nitrogen and oxygen atoms in total. The molecule has 3 aliphatic rings. The number of amides is 2. The van der Waals surface area contributed by atoms with Crippen molar-refractivity contribution in [3.05, 3.63) is 133 Å². The van der Waals surface area contributed by atoms with Gasteiger partial charge in [0, 0.05) is 54.9 Å². The molecule has 9 rings (SSSR count).